The van der Waals surface area contributed by atoms with Crippen LogP contribution in [0.5, 0.6) is 0 Å². The van der Waals surface area contributed by atoms with Crippen LogP contribution in [0.1, 0.15) is 40.5 Å². The predicted molar refractivity (Wildman–Crippen MR) is 78.4 cm³/mol. The molecule has 1 aromatic carbocycles. The highest BCUT2D eigenvalue weighted by atomic mass is 16.5. The number of hydrogen-bond acceptors (Lipinski definition) is 4. The Labute approximate surface area is 124 Å². The normalized spacial score (nSPS) is 13.9. The van der Waals surface area contributed by atoms with Crippen molar-refractivity contribution in [1.29, 1.82) is 0 Å². The molecule has 1 aliphatic rings. The SMILES string of the molecule is CCCCOCCOCCN1C(=O)c2ccccc2C1=O. The van der Waals surface area contributed by atoms with E-state index in [1.807, 2.05) is 0 Å². The van der Waals surface area contributed by atoms with E-state index in [9.17, 15) is 9.59 Å². The Morgan fingerprint density at radius 1 is 0.905 bits per heavy atom. The Morgan fingerprint density at radius 3 is 2.05 bits per heavy atom. The van der Waals surface area contributed by atoms with Crippen LogP contribution in [0.4, 0.5) is 0 Å². The molecule has 1 aromatic rings. The summed E-state index contributed by atoms with van der Waals surface area (Å²) in [7, 11) is 0. The molecular formula is C16H21NO4. The van der Waals surface area contributed by atoms with Gasteiger partial charge in [-0.15, -0.1) is 0 Å². The van der Waals surface area contributed by atoms with Gasteiger partial charge in [-0.3, -0.25) is 14.5 Å². The molecule has 0 atom stereocenters. The Kier molecular flexibility index (Phi) is 5.90. The van der Waals surface area contributed by atoms with Gasteiger partial charge in [-0.05, 0) is 18.6 Å². The quantitative estimate of drug-likeness (QED) is 0.516. The number of unbranched alkanes of at least 4 members (excludes halogenated alkanes) is 1. The number of carbonyl (C=O) groups is 2. The third-order valence-corrected chi connectivity index (χ3v) is 3.35. The Balaban J connectivity index is 1.69. The molecule has 1 heterocycles. The van der Waals surface area contributed by atoms with Crippen molar-refractivity contribution in [2.45, 2.75) is 19.8 Å². The number of fused-ring (bicyclic) bond motifs is 1. The van der Waals surface area contributed by atoms with Crippen LogP contribution in [0.2, 0.25) is 0 Å². The van der Waals surface area contributed by atoms with Gasteiger partial charge in [-0.25, -0.2) is 0 Å². The molecule has 5 nitrogen and oxygen atoms in total. The second-order valence-electron chi connectivity index (χ2n) is 4.89. The molecule has 2 amide bonds. The van der Waals surface area contributed by atoms with E-state index >= 15 is 0 Å². The summed E-state index contributed by atoms with van der Waals surface area (Å²) in [6.07, 6.45) is 2.16. The maximum Gasteiger partial charge on any atom is 0.261 e. The molecule has 0 radical (unpaired) electrons. The smallest absolute Gasteiger partial charge is 0.261 e. The number of carbonyl (C=O) groups excluding carboxylic acids is 2. The molecule has 0 aliphatic carbocycles. The average molecular weight is 291 g/mol. The number of nitrogens with zero attached hydrogens (tertiary/aromatic N) is 1. The monoisotopic (exact) mass is 291 g/mol. The molecule has 0 saturated heterocycles. The number of amides is 2. The third-order valence-electron chi connectivity index (χ3n) is 3.35. The molecule has 2 rings (SSSR count). The van der Waals surface area contributed by atoms with E-state index in [-0.39, 0.29) is 18.4 Å². The Hall–Kier alpha value is -1.72. The number of ether oxygens (including phenoxy) is 2. The van der Waals surface area contributed by atoms with Crippen LogP contribution in [0.3, 0.4) is 0 Å². The van der Waals surface area contributed by atoms with Crippen LogP contribution in [-0.4, -0.2) is 49.7 Å². The van der Waals surface area contributed by atoms with Crippen molar-refractivity contribution in [1.82, 2.24) is 4.90 Å². The van der Waals surface area contributed by atoms with Gasteiger partial charge in [-0.1, -0.05) is 25.5 Å². The van der Waals surface area contributed by atoms with Crippen molar-refractivity contribution in [3.63, 3.8) is 0 Å². The Morgan fingerprint density at radius 2 is 1.48 bits per heavy atom. The summed E-state index contributed by atoms with van der Waals surface area (Å²) in [5, 5.41) is 0. The molecule has 21 heavy (non-hydrogen) atoms. The largest absolute Gasteiger partial charge is 0.379 e. The van der Waals surface area contributed by atoms with Gasteiger partial charge in [-0.2, -0.15) is 0 Å². The summed E-state index contributed by atoms with van der Waals surface area (Å²) in [5.74, 6) is -0.475. The zero-order valence-electron chi connectivity index (χ0n) is 12.3. The maximum atomic E-state index is 12.1. The van der Waals surface area contributed by atoms with Crippen LogP contribution in [0.25, 0.3) is 0 Å². The van der Waals surface area contributed by atoms with E-state index in [1.165, 1.54) is 4.90 Å². The van der Waals surface area contributed by atoms with Crippen LogP contribution < -0.4 is 0 Å². The van der Waals surface area contributed by atoms with Gasteiger partial charge < -0.3 is 9.47 Å². The van der Waals surface area contributed by atoms with Crippen molar-refractivity contribution in [2.24, 2.45) is 0 Å². The number of hydrogen-bond donors (Lipinski definition) is 0. The fraction of sp³-hybridized carbons (Fsp3) is 0.500. The molecule has 0 N–H and O–H groups in total. The molecule has 1 aliphatic heterocycles. The minimum Gasteiger partial charge on any atom is -0.379 e. The van der Waals surface area contributed by atoms with E-state index in [2.05, 4.69) is 6.92 Å². The van der Waals surface area contributed by atoms with E-state index in [4.69, 9.17) is 9.47 Å². The molecule has 0 aromatic heterocycles. The highest BCUT2D eigenvalue weighted by Gasteiger charge is 2.34. The highest BCUT2D eigenvalue weighted by Crippen LogP contribution is 2.21. The Bertz CT molecular complexity index is 466. The van der Waals surface area contributed by atoms with E-state index in [0.29, 0.717) is 30.9 Å². The molecule has 0 bridgehead atoms. The number of rotatable bonds is 9. The lowest BCUT2D eigenvalue weighted by Gasteiger charge is -2.13. The van der Waals surface area contributed by atoms with Gasteiger partial charge in [0.1, 0.15) is 0 Å². The first-order chi connectivity index (χ1) is 10.3. The summed E-state index contributed by atoms with van der Waals surface area (Å²) in [6, 6.07) is 6.88. The van der Waals surface area contributed by atoms with Crippen LogP contribution in [0, 0.1) is 0 Å². The number of imide groups is 1. The van der Waals surface area contributed by atoms with Gasteiger partial charge in [0, 0.05) is 6.61 Å². The first-order valence-corrected chi connectivity index (χ1v) is 7.36. The van der Waals surface area contributed by atoms with Gasteiger partial charge in [0.15, 0.2) is 0 Å². The van der Waals surface area contributed by atoms with E-state index in [0.717, 1.165) is 19.4 Å². The van der Waals surface area contributed by atoms with Gasteiger partial charge >= 0.3 is 0 Å². The highest BCUT2D eigenvalue weighted by molar-refractivity contribution is 6.21. The van der Waals surface area contributed by atoms with Gasteiger partial charge in [0.05, 0.1) is 37.5 Å². The maximum absolute atomic E-state index is 12.1. The lowest BCUT2D eigenvalue weighted by molar-refractivity contribution is 0.0349. The van der Waals surface area contributed by atoms with E-state index < -0.39 is 0 Å². The lowest BCUT2D eigenvalue weighted by Crippen LogP contribution is -2.33. The standard InChI is InChI=1S/C16H21NO4/c1-2-3-9-20-11-12-21-10-8-17-15(18)13-6-4-5-7-14(13)16(17)19/h4-7H,2-3,8-12H2,1H3. The summed E-state index contributed by atoms with van der Waals surface area (Å²) in [5.41, 5.74) is 0.954. The van der Waals surface area contributed by atoms with Crippen molar-refractivity contribution in [2.75, 3.05) is 33.0 Å². The van der Waals surface area contributed by atoms with E-state index in [1.54, 1.807) is 24.3 Å². The first-order valence-electron chi connectivity index (χ1n) is 7.36. The molecule has 114 valence electrons. The number of benzene rings is 1. The molecular weight excluding hydrogens is 270 g/mol. The van der Waals surface area contributed by atoms with Crippen molar-refractivity contribution >= 4 is 11.8 Å². The van der Waals surface area contributed by atoms with Gasteiger partial charge in [0.25, 0.3) is 11.8 Å². The second-order valence-corrected chi connectivity index (χ2v) is 4.89. The summed E-state index contributed by atoms with van der Waals surface area (Å²) in [4.78, 5) is 25.4. The van der Waals surface area contributed by atoms with Crippen LogP contribution in [-0.2, 0) is 9.47 Å². The van der Waals surface area contributed by atoms with Crippen molar-refractivity contribution in [3.8, 4) is 0 Å². The zero-order valence-corrected chi connectivity index (χ0v) is 12.3. The molecule has 0 fully saturated rings. The fourth-order valence-electron chi connectivity index (χ4n) is 2.17. The third kappa shape index (κ3) is 3.89. The topological polar surface area (TPSA) is 55.8 Å². The first kappa shape index (κ1) is 15.7. The molecule has 0 spiro atoms. The van der Waals surface area contributed by atoms with Crippen LogP contribution >= 0.6 is 0 Å². The average Bonchev–Trinajstić information content (AvgIpc) is 2.75. The lowest BCUT2D eigenvalue weighted by atomic mass is 10.1. The second kappa shape index (κ2) is 7.90. The molecule has 0 unspecified atom stereocenters. The summed E-state index contributed by atoms with van der Waals surface area (Å²) < 4.78 is 10.8. The minimum absolute atomic E-state index is 0.238. The molecule has 5 heteroatoms. The minimum atomic E-state index is -0.238. The predicted octanol–water partition coefficient (Wildman–Crippen LogP) is 2.12. The fourth-order valence-corrected chi connectivity index (χ4v) is 2.17. The van der Waals surface area contributed by atoms with Crippen molar-refractivity contribution < 1.29 is 19.1 Å². The summed E-state index contributed by atoms with van der Waals surface area (Å²) >= 11 is 0. The zero-order chi connectivity index (χ0) is 15.1. The van der Waals surface area contributed by atoms with Crippen LogP contribution in [0.15, 0.2) is 24.3 Å². The van der Waals surface area contributed by atoms with Crippen molar-refractivity contribution in [3.05, 3.63) is 35.4 Å². The molecule has 0 saturated carbocycles. The van der Waals surface area contributed by atoms with Gasteiger partial charge in [0.2, 0.25) is 0 Å². The summed E-state index contributed by atoms with van der Waals surface area (Å²) in [6.45, 7) is 4.50.